The first kappa shape index (κ1) is 16.8. The van der Waals surface area contributed by atoms with Crippen LogP contribution in [-0.2, 0) is 0 Å². The van der Waals surface area contributed by atoms with Gasteiger partial charge in [0.25, 0.3) is 6.43 Å². The third-order valence-electron chi connectivity index (χ3n) is 2.89. The molecule has 0 rings (SSSR count). The quantitative estimate of drug-likeness (QED) is 0.677. The molecule has 17 heavy (non-hydrogen) atoms. The van der Waals surface area contributed by atoms with Crippen molar-refractivity contribution in [3.05, 3.63) is 0 Å². The van der Waals surface area contributed by atoms with Gasteiger partial charge in [0.1, 0.15) is 0 Å². The molecule has 0 saturated heterocycles. The van der Waals surface area contributed by atoms with Crippen LogP contribution in [0, 0.1) is 5.41 Å². The summed E-state index contributed by atoms with van der Waals surface area (Å²) in [5.74, 6) is 0. The molecule has 0 aliphatic rings. The number of alkyl halides is 2. The van der Waals surface area contributed by atoms with E-state index < -0.39 is 6.43 Å². The molecule has 1 unspecified atom stereocenters. The molecule has 0 aromatic rings. The number of hydrogen-bond donors (Lipinski definition) is 1. The lowest BCUT2D eigenvalue weighted by atomic mass is 9.84. The molecular weight excluding hydrogens is 222 g/mol. The maximum atomic E-state index is 12.3. The Kier molecular flexibility index (Phi) is 7.88. The molecule has 1 N–H and O–H groups in total. The van der Waals surface area contributed by atoms with Crippen LogP contribution in [0.4, 0.5) is 8.78 Å². The third kappa shape index (κ3) is 8.50. The molecule has 0 aromatic heterocycles. The molecule has 0 aromatic carbocycles. The Morgan fingerprint density at radius 2 is 1.88 bits per heavy atom. The molecule has 0 radical (unpaired) electrons. The second-order valence-corrected chi connectivity index (χ2v) is 5.68. The van der Waals surface area contributed by atoms with Crippen molar-refractivity contribution in [2.24, 2.45) is 5.41 Å². The van der Waals surface area contributed by atoms with Crippen molar-refractivity contribution in [1.29, 1.82) is 0 Å². The highest BCUT2D eigenvalue weighted by atomic mass is 19.3. The second kappa shape index (κ2) is 7.98. The predicted octanol–water partition coefficient (Wildman–Crippen LogP) is 2.99. The van der Waals surface area contributed by atoms with E-state index in [0.29, 0.717) is 12.6 Å². The van der Waals surface area contributed by atoms with Gasteiger partial charge in [-0.05, 0) is 18.9 Å². The maximum absolute atomic E-state index is 12.3. The molecule has 0 heterocycles. The summed E-state index contributed by atoms with van der Waals surface area (Å²) in [5, 5.41) is 3.42. The van der Waals surface area contributed by atoms with Crippen LogP contribution in [0.3, 0.4) is 0 Å². The maximum Gasteiger partial charge on any atom is 0.251 e. The molecule has 0 aliphatic heterocycles. The predicted molar refractivity (Wildman–Crippen MR) is 69.7 cm³/mol. The Morgan fingerprint density at radius 1 is 1.29 bits per heavy atom. The van der Waals surface area contributed by atoms with Crippen LogP contribution in [0.15, 0.2) is 0 Å². The second-order valence-electron chi connectivity index (χ2n) is 5.68. The van der Waals surface area contributed by atoms with Crippen LogP contribution >= 0.6 is 0 Å². The Bertz CT molecular complexity index is 198. The van der Waals surface area contributed by atoms with E-state index in [1.165, 1.54) is 0 Å². The van der Waals surface area contributed by atoms with E-state index in [1.54, 1.807) is 11.9 Å². The molecule has 0 bridgehead atoms. The lowest BCUT2D eigenvalue weighted by Gasteiger charge is -2.34. The fourth-order valence-electron chi connectivity index (χ4n) is 2.23. The number of halogens is 2. The average Bonchev–Trinajstić information content (AvgIpc) is 2.13. The lowest BCUT2D eigenvalue weighted by Crippen LogP contribution is -2.43. The van der Waals surface area contributed by atoms with E-state index in [1.807, 2.05) is 0 Å². The summed E-state index contributed by atoms with van der Waals surface area (Å²) in [5.41, 5.74) is 0.0721. The van der Waals surface area contributed by atoms with Gasteiger partial charge in [0.2, 0.25) is 0 Å². The number of nitrogens with one attached hydrogen (secondary N) is 1. The summed E-state index contributed by atoms with van der Waals surface area (Å²) >= 11 is 0. The molecule has 2 nitrogen and oxygen atoms in total. The van der Waals surface area contributed by atoms with Crippen LogP contribution in [0.5, 0.6) is 0 Å². The van der Waals surface area contributed by atoms with Gasteiger partial charge in [-0.3, -0.25) is 0 Å². The average molecular weight is 250 g/mol. The van der Waals surface area contributed by atoms with E-state index in [-0.39, 0.29) is 12.0 Å². The van der Waals surface area contributed by atoms with Crippen molar-refractivity contribution in [2.45, 2.75) is 53.0 Å². The molecular formula is C13H28F2N2. The van der Waals surface area contributed by atoms with E-state index in [2.05, 4.69) is 33.0 Å². The van der Waals surface area contributed by atoms with Crippen molar-refractivity contribution in [3.8, 4) is 0 Å². The van der Waals surface area contributed by atoms with Gasteiger partial charge in [-0.2, -0.15) is 0 Å². The summed E-state index contributed by atoms with van der Waals surface area (Å²) < 4.78 is 24.6. The largest absolute Gasteiger partial charge is 0.314 e. The molecule has 0 spiro atoms. The van der Waals surface area contributed by atoms with Crippen LogP contribution in [-0.4, -0.2) is 44.0 Å². The van der Waals surface area contributed by atoms with Crippen LogP contribution in [0.2, 0.25) is 0 Å². The van der Waals surface area contributed by atoms with Gasteiger partial charge >= 0.3 is 0 Å². The summed E-state index contributed by atoms with van der Waals surface area (Å²) in [6.45, 7) is 9.98. The van der Waals surface area contributed by atoms with Crippen LogP contribution in [0.25, 0.3) is 0 Å². The first-order chi connectivity index (χ1) is 7.79. The fraction of sp³-hybridized carbons (Fsp3) is 1.00. The van der Waals surface area contributed by atoms with E-state index in [4.69, 9.17) is 0 Å². The van der Waals surface area contributed by atoms with E-state index in [0.717, 1.165) is 19.4 Å². The van der Waals surface area contributed by atoms with Crippen molar-refractivity contribution in [3.63, 3.8) is 0 Å². The number of hydrogen-bond acceptors (Lipinski definition) is 2. The molecule has 104 valence electrons. The summed E-state index contributed by atoms with van der Waals surface area (Å²) in [6.07, 6.45) is -0.108. The van der Waals surface area contributed by atoms with E-state index >= 15 is 0 Å². The third-order valence-corrected chi connectivity index (χ3v) is 2.89. The van der Waals surface area contributed by atoms with Gasteiger partial charge in [0.15, 0.2) is 0 Å². The smallest absolute Gasteiger partial charge is 0.251 e. The molecule has 0 fully saturated rings. The van der Waals surface area contributed by atoms with Gasteiger partial charge in [0, 0.05) is 19.1 Å². The Morgan fingerprint density at radius 3 is 2.29 bits per heavy atom. The van der Waals surface area contributed by atoms with Gasteiger partial charge in [0.05, 0.1) is 6.54 Å². The zero-order valence-corrected chi connectivity index (χ0v) is 11.9. The zero-order valence-electron chi connectivity index (χ0n) is 11.9. The highest BCUT2D eigenvalue weighted by Gasteiger charge is 2.26. The van der Waals surface area contributed by atoms with Gasteiger partial charge < -0.3 is 10.2 Å². The SMILES string of the molecule is CCCC(C)(CNC(C)C)CN(C)CC(F)F. The summed E-state index contributed by atoms with van der Waals surface area (Å²) in [6, 6.07) is 0.437. The monoisotopic (exact) mass is 250 g/mol. The van der Waals surface area contributed by atoms with Crippen LogP contribution < -0.4 is 5.32 Å². The van der Waals surface area contributed by atoms with Gasteiger partial charge in [-0.25, -0.2) is 8.78 Å². The molecule has 0 aliphatic carbocycles. The lowest BCUT2D eigenvalue weighted by molar-refractivity contribution is 0.0754. The van der Waals surface area contributed by atoms with E-state index in [9.17, 15) is 8.78 Å². The Balaban J connectivity index is 4.27. The van der Waals surface area contributed by atoms with Crippen molar-refractivity contribution < 1.29 is 8.78 Å². The van der Waals surface area contributed by atoms with Gasteiger partial charge in [-0.15, -0.1) is 0 Å². The Hall–Kier alpha value is -0.220. The van der Waals surface area contributed by atoms with Gasteiger partial charge in [-0.1, -0.05) is 34.1 Å². The highest BCUT2D eigenvalue weighted by molar-refractivity contribution is 4.80. The molecule has 0 amide bonds. The van der Waals surface area contributed by atoms with Crippen LogP contribution in [0.1, 0.15) is 40.5 Å². The first-order valence-corrected chi connectivity index (χ1v) is 6.49. The Labute approximate surface area is 105 Å². The standard InChI is InChI=1S/C13H28F2N2/c1-6-7-13(4,9-16-11(2)3)10-17(5)8-12(14)15/h11-12,16H,6-10H2,1-5H3. The molecule has 0 saturated carbocycles. The van der Waals surface area contributed by atoms with Crippen molar-refractivity contribution in [1.82, 2.24) is 10.2 Å². The minimum Gasteiger partial charge on any atom is -0.314 e. The number of rotatable bonds is 9. The summed E-state index contributed by atoms with van der Waals surface area (Å²) in [4.78, 5) is 1.74. The van der Waals surface area contributed by atoms with Crippen molar-refractivity contribution in [2.75, 3.05) is 26.7 Å². The zero-order chi connectivity index (χ0) is 13.5. The molecule has 4 heteroatoms. The topological polar surface area (TPSA) is 15.3 Å². The van der Waals surface area contributed by atoms with Crippen molar-refractivity contribution >= 4 is 0 Å². The highest BCUT2D eigenvalue weighted by Crippen LogP contribution is 2.24. The first-order valence-electron chi connectivity index (χ1n) is 6.49. The molecule has 1 atom stereocenters. The minimum absolute atomic E-state index is 0.0721. The fourth-order valence-corrected chi connectivity index (χ4v) is 2.23. The normalized spacial score (nSPS) is 15.9. The number of nitrogens with zero attached hydrogens (tertiary/aromatic N) is 1. The minimum atomic E-state index is -2.25. The summed E-state index contributed by atoms with van der Waals surface area (Å²) in [7, 11) is 1.77.